The average Bonchev–Trinajstić information content (AvgIpc) is 2.79. The van der Waals surface area contributed by atoms with Gasteiger partial charge in [0.25, 0.3) is 0 Å². The largest absolute Gasteiger partial charge is 0.264 e. The summed E-state index contributed by atoms with van der Waals surface area (Å²) in [6.45, 7) is 4.24. The van der Waals surface area contributed by atoms with Crippen molar-refractivity contribution in [2.24, 2.45) is 17.8 Å². The van der Waals surface area contributed by atoms with Crippen molar-refractivity contribution in [1.29, 1.82) is 0 Å². The first kappa shape index (κ1) is 10.3. The Hall–Kier alpha value is -0.860. The van der Waals surface area contributed by atoms with Gasteiger partial charge >= 0.3 is 0 Å². The van der Waals surface area contributed by atoms with Crippen molar-refractivity contribution < 1.29 is 4.92 Å². The maximum Gasteiger partial charge on any atom is 0.232 e. The molecule has 0 N–H and O–H groups in total. The van der Waals surface area contributed by atoms with Gasteiger partial charge in [-0.3, -0.25) is 10.1 Å². The van der Waals surface area contributed by atoms with Crippen molar-refractivity contribution in [3.8, 4) is 0 Å². The van der Waals surface area contributed by atoms with E-state index in [0.717, 1.165) is 25.7 Å². The third-order valence-electron chi connectivity index (χ3n) is 5.53. The Labute approximate surface area is 96.1 Å². The predicted octanol–water partition coefficient (Wildman–Crippen LogP) is 3.18. The molecule has 0 spiro atoms. The van der Waals surface area contributed by atoms with Crippen LogP contribution in [0.1, 0.15) is 46.0 Å². The zero-order valence-corrected chi connectivity index (χ0v) is 10.0. The lowest BCUT2D eigenvalue weighted by molar-refractivity contribution is -0.590. The molecule has 0 radical (unpaired) electrons. The molecule has 2 saturated carbocycles. The molecule has 0 aromatic heterocycles. The quantitative estimate of drug-likeness (QED) is 0.388. The van der Waals surface area contributed by atoms with Crippen molar-refractivity contribution in [3.63, 3.8) is 0 Å². The van der Waals surface area contributed by atoms with Crippen LogP contribution in [0.25, 0.3) is 0 Å². The Morgan fingerprint density at radius 1 is 1.31 bits per heavy atom. The fourth-order valence-corrected chi connectivity index (χ4v) is 4.59. The molecule has 3 aliphatic rings. The number of nitrogens with zero attached hydrogens (tertiary/aromatic N) is 1. The highest BCUT2D eigenvalue weighted by atomic mass is 16.6. The van der Waals surface area contributed by atoms with Crippen molar-refractivity contribution in [3.05, 3.63) is 21.3 Å². The molecule has 4 atom stereocenters. The van der Waals surface area contributed by atoms with Crippen LogP contribution in [-0.4, -0.2) is 10.5 Å². The van der Waals surface area contributed by atoms with Crippen LogP contribution in [0.5, 0.6) is 0 Å². The molecule has 88 valence electrons. The van der Waals surface area contributed by atoms with E-state index < -0.39 is 5.54 Å². The molecule has 0 aromatic rings. The molecule has 2 fully saturated rings. The first-order valence-corrected chi connectivity index (χ1v) is 6.35. The van der Waals surface area contributed by atoms with E-state index in [9.17, 15) is 10.1 Å². The topological polar surface area (TPSA) is 43.1 Å². The van der Waals surface area contributed by atoms with Gasteiger partial charge in [0.1, 0.15) is 0 Å². The molecule has 3 nitrogen and oxygen atoms in total. The van der Waals surface area contributed by atoms with E-state index in [4.69, 9.17) is 0 Å². The van der Waals surface area contributed by atoms with Crippen LogP contribution >= 0.6 is 0 Å². The highest BCUT2D eigenvalue weighted by molar-refractivity contribution is 5.24. The first-order chi connectivity index (χ1) is 7.55. The molecule has 0 amide bonds. The van der Waals surface area contributed by atoms with Gasteiger partial charge in [-0.15, -0.1) is 0 Å². The van der Waals surface area contributed by atoms with Gasteiger partial charge in [-0.25, -0.2) is 0 Å². The molecule has 16 heavy (non-hydrogen) atoms. The van der Waals surface area contributed by atoms with Crippen LogP contribution in [0.3, 0.4) is 0 Å². The smallest absolute Gasteiger partial charge is 0.232 e. The molecule has 0 heterocycles. The van der Waals surface area contributed by atoms with Crippen LogP contribution in [0, 0.1) is 27.9 Å². The summed E-state index contributed by atoms with van der Waals surface area (Å²) in [7, 11) is 0. The lowest BCUT2D eigenvalue weighted by Gasteiger charge is -2.40. The number of fused-ring (bicyclic) bond motifs is 5. The summed E-state index contributed by atoms with van der Waals surface area (Å²) in [5, 5.41) is 11.6. The van der Waals surface area contributed by atoms with Crippen LogP contribution < -0.4 is 0 Å². The number of allylic oxidation sites excluding steroid dienone is 1. The Balaban J connectivity index is 2.07. The van der Waals surface area contributed by atoms with E-state index in [1.54, 1.807) is 0 Å². The maximum absolute atomic E-state index is 11.6. The second-order valence-electron chi connectivity index (χ2n) is 6.07. The molecule has 0 aromatic carbocycles. The fourth-order valence-electron chi connectivity index (χ4n) is 4.59. The third-order valence-corrected chi connectivity index (χ3v) is 5.53. The monoisotopic (exact) mass is 221 g/mol. The minimum absolute atomic E-state index is 0.0808. The lowest BCUT2D eigenvalue weighted by Crippen LogP contribution is -2.52. The molecule has 3 heteroatoms. The van der Waals surface area contributed by atoms with Gasteiger partial charge in [-0.05, 0) is 45.4 Å². The number of hydrogen-bond acceptors (Lipinski definition) is 2. The number of hydrogen-bond donors (Lipinski definition) is 0. The van der Waals surface area contributed by atoms with Gasteiger partial charge < -0.3 is 0 Å². The maximum atomic E-state index is 11.6. The standard InChI is InChI=1S/C13H19NO2/c1-8-5-12-10-3-4-11(6-10)13(12,14(15)16)7-9(8)2/h10-12H,3-7H2,1-2H3/t10-,11+,12+,13+/m0/s1. The van der Waals surface area contributed by atoms with Gasteiger partial charge in [0.2, 0.25) is 5.54 Å². The van der Waals surface area contributed by atoms with Gasteiger partial charge in [-0.2, -0.15) is 0 Å². The summed E-state index contributed by atoms with van der Waals surface area (Å²) >= 11 is 0. The average molecular weight is 221 g/mol. The molecule has 0 aliphatic heterocycles. The Bertz CT molecular complexity index is 387. The van der Waals surface area contributed by atoms with Gasteiger partial charge in [0.15, 0.2) is 0 Å². The summed E-state index contributed by atoms with van der Waals surface area (Å²) in [6, 6.07) is 0. The molecule has 0 saturated heterocycles. The van der Waals surface area contributed by atoms with E-state index in [1.807, 2.05) is 0 Å². The Kier molecular flexibility index (Phi) is 1.99. The number of rotatable bonds is 1. The lowest BCUT2D eigenvalue weighted by atomic mass is 9.64. The minimum Gasteiger partial charge on any atom is -0.264 e. The molecular weight excluding hydrogens is 202 g/mol. The van der Waals surface area contributed by atoms with Crippen LogP contribution in [-0.2, 0) is 0 Å². The van der Waals surface area contributed by atoms with Crippen LogP contribution in [0.15, 0.2) is 11.1 Å². The van der Waals surface area contributed by atoms with Gasteiger partial charge in [0.05, 0.1) is 0 Å². The summed E-state index contributed by atoms with van der Waals surface area (Å²) in [5.74, 6) is 1.34. The number of nitro groups is 1. The summed E-state index contributed by atoms with van der Waals surface area (Å²) in [5.41, 5.74) is 2.11. The van der Waals surface area contributed by atoms with E-state index in [2.05, 4.69) is 13.8 Å². The summed E-state index contributed by atoms with van der Waals surface area (Å²) < 4.78 is 0. The second kappa shape index (κ2) is 3.08. The highest BCUT2D eigenvalue weighted by Gasteiger charge is 2.67. The van der Waals surface area contributed by atoms with Gasteiger partial charge in [0, 0.05) is 23.2 Å². The second-order valence-corrected chi connectivity index (χ2v) is 6.07. The first-order valence-electron chi connectivity index (χ1n) is 6.35. The zero-order valence-electron chi connectivity index (χ0n) is 10.0. The van der Waals surface area contributed by atoms with Crippen molar-refractivity contribution in [2.75, 3.05) is 0 Å². The summed E-state index contributed by atoms with van der Waals surface area (Å²) in [6.07, 6.45) is 5.14. The van der Waals surface area contributed by atoms with Crippen LogP contribution in [0.4, 0.5) is 0 Å². The van der Waals surface area contributed by atoms with Gasteiger partial charge in [-0.1, -0.05) is 11.1 Å². The molecule has 0 unspecified atom stereocenters. The Morgan fingerprint density at radius 2 is 2.06 bits per heavy atom. The fraction of sp³-hybridized carbons (Fsp3) is 0.846. The zero-order chi connectivity index (χ0) is 11.5. The normalized spacial score (nSPS) is 46.0. The van der Waals surface area contributed by atoms with Crippen molar-refractivity contribution >= 4 is 0 Å². The van der Waals surface area contributed by atoms with E-state index in [1.165, 1.54) is 17.6 Å². The predicted molar refractivity (Wildman–Crippen MR) is 61.7 cm³/mol. The van der Waals surface area contributed by atoms with Crippen molar-refractivity contribution in [2.45, 2.75) is 51.5 Å². The molecule has 2 bridgehead atoms. The van der Waals surface area contributed by atoms with E-state index >= 15 is 0 Å². The van der Waals surface area contributed by atoms with E-state index in [-0.39, 0.29) is 4.92 Å². The van der Waals surface area contributed by atoms with E-state index in [0.29, 0.717) is 17.8 Å². The Morgan fingerprint density at radius 3 is 2.75 bits per heavy atom. The third kappa shape index (κ3) is 1.04. The molecular formula is C13H19NO2. The van der Waals surface area contributed by atoms with Crippen LogP contribution in [0.2, 0.25) is 0 Å². The summed E-state index contributed by atoms with van der Waals surface area (Å²) in [4.78, 5) is 11.7. The minimum atomic E-state index is -0.577. The highest BCUT2D eigenvalue weighted by Crippen LogP contribution is 2.61. The SMILES string of the molecule is CC1=C(C)C[C@@]2([N+](=O)[O-])[C@@H]3CC[C@@H](C3)[C@H]2C1. The molecule has 3 aliphatic carbocycles. The van der Waals surface area contributed by atoms with Crippen molar-refractivity contribution in [1.82, 2.24) is 0 Å². The molecule has 3 rings (SSSR count).